The van der Waals surface area contributed by atoms with Gasteiger partial charge in [0.2, 0.25) is 0 Å². The first-order valence-electron chi connectivity index (χ1n) is 5.60. The highest BCUT2D eigenvalue weighted by molar-refractivity contribution is 7.98. The topological polar surface area (TPSA) is 62.2 Å². The molecule has 0 aliphatic carbocycles. The number of rotatable bonds is 6. The molecule has 0 aliphatic rings. The molecule has 5 heteroatoms. The summed E-state index contributed by atoms with van der Waals surface area (Å²) in [6.07, 6.45) is 4.73. The van der Waals surface area contributed by atoms with Crippen molar-refractivity contribution < 1.29 is 9.90 Å². The van der Waals surface area contributed by atoms with Crippen molar-refractivity contribution in [1.29, 1.82) is 0 Å². The monoisotopic (exact) mass is 254 g/mol. The molecule has 0 radical (unpaired) electrons. The van der Waals surface area contributed by atoms with Crippen LogP contribution < -0.4 is 5.32 Å². The Bertz CT molecular complexity index is 369. The number of carbonyl (C=O) groups excluding carboxylic acids is 1. The van der Waals surface area contributed by atoms with Crippen LogP contribution in [0.25, 0.3) is 0 Å². The highest BCUT2D eigenvalue weighted by Crippen LogP contribution is 2.16. The Labute approximate surface area is 106 Å². The largest absolute Gasteiger partial charge is 0.393 e. The van der Waals surface area contributed by atoms with Crippen LogP contribution in [0.4, 0.5) is 0 Å². The molecule has 1 aromatic heterocycles. The van der Waals surface area contributed by atoms with Gasteiger partial charge in [-0.05, 0) is 38.2 Å². The molecule has 2 N–H and O–H groups in total. The number of aliphatic hydroxyl groups excluding tert-OH is 1. The zero-order valence-electron chi connectivity index (χ0n) is 10.1. The summed E-state index contributed by atoms with van der Waals surface area (Å²) in [5, 5.41) is 12.7. The number of pyridine rings is 1. The van der Waals surface area contributed by atoms with Crippen LogP contribution in [0.3, 0.4) is 0 Å². The van der Waals surface area contributed by atoms with Gasteiger partial charge in [-0.2, -0.15) is 0 Å². The fraction of sp³-hybridized carbons (Fsp3) is 0.500. The summed E-state index contributed by atoms with van der Waals surface area (Å²) < 4.78 is 0. The van der Waals surface area contributed by atoms with Crippen molar-refractivity contribution in [2.24, 2.45) is 0 Å². The molecule has 4 nitrogen and oxygen atoms in total. The van der Waals surface area contributed by atoms with E-state index in [-0.39, 0.29) is 12.0 Å². The third-order valence-corrected chi connectivity index (χ3v) is 3.01. The van der Waals surface area contributed by atoms with E-state index in [9.17, 15) is 4.79 Å². The normalized spacial score (nSPS) is 12.2. The molecule has 0 aliphatic heterocycles. The maximum Gasteiger partial charge on any atom is 0.254 e. The van der Waals surface area contributed by atoms with Gasteiger partial charge in [-0.25, -0.2) is 4.98 Å². The summed E-state index contributed by atoms with van der Waals surface area (Å²) in [4.78, 5) is 16.0. The van der Waals surface area contributed by atoms with Gasteiger partial charge in [-0.1, -0.05) is 0 Å². The Hall–Kier alpha value is -1.07. The van der Waals surface area contributed by atoms with Gasteiger partial charge in [-0.15, -0.1) is 11.8 Å². The fourth-order valence-corrected chi connectivity index (χ4v) is 1.97. The second-order valence-corrected chi connectivity index (χ2v) is 4.60. The number of aliphatic hydroxyl groups is 1. The van der Waals surface area contributed by atoms with Crippen molar-refractivity contribution in [3.63, 3.8) is 0 Å². The molecule has 17 heavy (non-hydrogen) atoms. The van der Waals surface area contributed by atoms with E-state index in [4.69, 9.17) is 5.11 Å². The predicted molar refractivity (Wildman–Crippen MR) is 69.3 cm³/mol. The lowest BCUT2D eigenvalue weighted by Crippen LogP contribution is -2.25. The third kappa shape index (κ3) is 4.75. The van der Waals surface area contributed by atoms with E-state index < -0.39 is 0 Å². The Balaban J connectivity index is 2.47. The van der Waals surface area contributed by atoms with Crippen LogP contribution in [0.2, 0.25) is 0 Å². The molecule has 0 fully saturated rings. The molecule has 0 saturated carbocycles. The predicted octanol–water partition coefficient (Wildman–Crippen LogP) is 1.69. The molecule has 0 saturated heterocycles. The van der Waals surface area contributed by atoms with Crippen LogP contribution in [-0.4, -0.2) is 34.9 Å². The van der Waals surface area contributed by atoms with Crippen LogP contribution in [0, 0.1) is 0 Å². The quantitative estimate of drug-likeness (QED) is 0.599. The van der Waals surface area contributed by atoms with Gasteiger partial charge >= 0.3 is 0 Å². The Morgan fingerprint density at radius 1 is 1.65 bits per heavy atom. The van der Waals surface area contributed by atoms with Crippen LogP contribution in [0.15, 0.2) is 23.4 Å². The zero-order chi connectivity index (χ0) is 12.7. The lowest BCUT2D eigenvalue weighted by molar-refractivity contribution is 0.0946. The van der Waals surface area contributed by atoms with Crippen molar-refractivity contribution in [3.05, 3.63) is 23.9 Å². The van der Waals surface area contributed by atoms with Crippen LogP contribution in [0.1, 0.15) is 30.1 Å². The first-order chi connectivity index (χ1) is 8.15. The van der Waals surface area contributed by atoms with Gasteiger partial charge in [0, 0.05) is 12.7 Å². The van der Waals surface area contributed by atoms with Gasteiger partial charge in [0.1, 0.15) is 5.03 Å². The molecular formula is C12H18N2O2S. The molecule has 94 valence electrons. The average Bonchev–Trinajstić information content (AvgIpc) is 2.34. The zero-order valence-corrected chi connectivity index (χ0v) is 11.0. The maximum atomic E-state index is 11.8. The molecule has 1 heterocycles. The molecule has 1 unspecified atom stereocenters. The van der Waals surface area contributed by atoms with E-state index in [1.807, 2.05) is 6.26 Å². The second kappa shape index (κ2) is 7.29. The van der Waals surface area contributed by atoms with Crippen LogP contribution >= 0.6 is 11.8 Å². The number of aromatic nitrogens is 1. The SMILES string of the molecule is CSc1ncccc1C(=O)NCCCC(C)O. The fourth-order valence-electron chi connectivity index (χ4n) is 1.42. The second-order valence-electron chi connectivity index (χ2n) is 3.81. The number of carbonyl (C=O) groups is 1. The standard InChI is InChI=1S/C12H18N2O2S/c1-9(15)5-3-7-13-11(16)10-6-4-8-14-12(10)17-2/h4,6,8-9,15H,3,5,7H2,1-2H3,(H,13,16). The third-order valence-electron chi connectivity index (χ3n) is 2.29. The number of hydrogen-bond donors (Lipinski definition) is 2. The highest BCUT2D eigenvalue weighted by Gasteiger charge is 2.10. The van der Waals surface area contributed by atoms with E-state index >= 15 is 0 Å². The summed E-state index contributed by atoms with van der Waals surface area (Å²) >= 11 is 1.46. The van der Waals surface area contributed by atoms with Crippen molar-refractivity contribution in [2.45, 2.75) is 30.9 Å². The lowest BCUT2D eigenvalue weighted by Gasteiger charge is -2.08. The molecule has 1 rings (SSSR count). The minimum absolute atomic E-state index is 0.104. The van der Waals surface area contributed by atoms with Crippen molar-refractivity contribution in [3.8, 4) is 0 Å². The van der Waals surface area contributed by atoms with Gasteiger partial charge in [0.05, 0.1) is 11.7 Å². The molecule has 1 amide bonds. The summed E-state index contributed by atoms with van der Waals surface area (Å²) in [5.74, 6) is -0.104. The van der Waals surface area contributed by atoms with Crippen LogP contribution in [-0.2, 0) is 0 Å². The molecule has 1 atom stereocenters. The minimum atomic E-state index is -0.313. The molecule has 1 aromatic rings. The van der Waals surface area contributed by atoms with E-state index in [1.165, 1.54) is 11.8 Å². The smallest absolute Gasteiger partial charge is 0.254 e. The van der Waals surface area contributed by atoms with Crippen molar-refractivity contribution in [2.75, 3.05) is 12.8 Å². The van der Waals surface area contributed by atoms with E-state index in [0.717, 1.165) is 11.4 Å². The average molecular weight is 254 g/mol. The van der Waals surface area contributed by atoms with Crippen molar-refractivity contribution >= 4 is 17.7 Å². The number of nitrogens with one attached hydrogen (secondary N) is 1. The summed E-state index contributed by atoms with van der Waals surface area (Å²) in [6, 6.07) is 3.52. The van der Waals surface area contributed by atoms with Gasteiger partial charge in [0.15, 0.2) is 0 Å². The highest BCUT2D eigenvalue weighted by atomic mass is 32.2. The van der Waals surface area contributed by atoms with Gasteiger partial charge in [0.25, 0.3) is 5.91 Å². The maximum absolute atomic E-state index is 11.8. The van der Waals surface area contributed by atoms with Crippen LogP contribution in [0.5, 0.6) is 0 Å². The molecular weight excluding hydrogens is 236 g/mol. The first-order valence-corrected chi connectivity index (χ1v) is 6.83. The first kappa shape index (κ1) is 14.0. The number of amides is 1. The Morgan fingerprint density at radius 2 is 2.41 bits per heavy atom. The molecule has 0 bridgehead atoms. The number of nitrogens with zero attached hydrogens (tertiary/aromatic N) is 1. The van der Waals surface area contributed by atoms with Gasteiger partial charge in [-0.3, -0.25) is 4.79 Å². The summed E-state index contributed by atoms with van der Waals surface area (Å²) in [7, 11) is 0. The van der Waals surface area contributed by atoms with E-state index in [2.05, 4.69) is 10.3 Å². The van der Waals surface area contributed by atoms with E-state index in [0.29, 0.717) is 18.5 Å². The Kier molecular flexibility index (Phi) is 6.00. The Morgan fingerprint density at radius 3 is 3.06 bits per heavy atom. The van der Waals surface area contributed by atoms with Crippen molar-refractivity contribution in [1.82, 2.24) is 10.3 Å². The molecule has 0 aromatic carbocycles. The summed E-state index contributed by atoms with van der Waals surface area (Å²) in [5.41, 5.74) is 0.608. The number of hydrogen-bond acceptors (Lipinski definition) is 4. The number of thioether (sulfide) groups is 1. The minimum Gasteiger partial charge on any atom is -0.393 e. The van der Waals surface area contributed by atoms with E-state index in [1.54, 1.807) is 25.3 Å². The van der Waals surface area contributed by atoms with Gasteiger partial charge < -0.3 is 10.4 Å². The lowest BCUT2D eigenvalue weighted by atomic mass is 10.2. The molecule has 0 spiro atoms. The summed E-state index contributed by atoms with van der Waals surface area (Å²) in [6.45, 7) is 2.32.